The van der Waals surface area contributed by atoms with Gasteiger partial charge in [0.1, 0.15) is 31.4 Å². The Morgan fingerprint density at radius 2 is 1.70 bits per heavy atom. The molecule has 1 aliphatic heterocycles. The van der Waals surface area contributed by atoms with E-state index < -0.39 is 36.1 Å². The monoisotopic (exact) mass is 467 g/mol. The van der Waals surface area contributed by atoms with Gasteiger partial charge < -0.3 is 14.2 Å². The minimum absolute atomic E-state index is 0.157. The van der Waals surface area contributed by atoms with Gasteiger partial charge in [0, 0.05) is 6.42 Å². The van der Waals surface area contributed by atoms with E-state index in [-0.39, 0.29) is 13.0 Å². The normalized spacial score (nSPS) is 19.7. The molecule has 1 saturated heterocycles. The van der Waals surface area contributed by atoms with Gasteiger partial charge in [-0.05, 0) is 30.5 Å². The standard InChI is InChI=1S/C23H21N3O6S/c1-33-22-24-14-26(23(29)25-22)19-12-17(32-21(28)16-10-6-3-7-11-16)18(31-19)13-30-20(27)15-8-4-2-5-9-15/h2-11,14,17-19H,12-13H2,1H3/t17-,18-,19?/m1/s1. The number of thioether (sulfide) groups is 1. The second-order valence-electron chi connectivity index (χ2n) is 7.17. The first-order chi connectivity index (χ1) is 16.0. The first-order valence-corrected chi connectivity index (χ1v) is 11.4. The number of carbonyl (C=O) groups is 2. The predicted molar refractivity (Wildman–Crippen MR) is 119 cm³/mol. The highest BCUT2D eigenvalue weighted by molar-refractivity contribution is 7.98. The molecule has 1 fully saturated rings. The van der Waals surface area contributed by atoms with E-state index in [1.165, 1.54) is 22.7 Å². The topological polar surface area (TPSA) is 110 Å². The van der Waals surface area contributed by atoms with Gasteiger partial charge >= 0.3 is 17.6 Å². The minimum Gasteiger partial charge on any atom is -0.459 e. The second-order valence-corrected chi connectivity index (χ2v) is 7.95. The van der Waals surface area contributed by atoms with E-state index in [2.05, 4.69) is 9.97 Å². The summed E-state index contributed by atoms with van der Waals surface area (Å²) < 4.78 is 18.3. The van der Waals surface area contributed by atoms with Crippen LogP contribution in [0, 0.1) is 0 Å². The molecule has 1 unspecified atom stereocenters. The van der Waals surface area contributed by atoms with Crippen LogP contribution >= 0.6 is 11.8 Å². The summed E-state index contributed by atoms with van der Waals surface area (Å²) in [6.07, 6.45) is 0.985. The third kappa shape index (κ3) is 5.47. The van der Waals surface area contributed by atoms with Crippen molar-refractivity contribution in [3.05, 3.63) is 88.6 Å². The number of ether oxygens (including phenoxy) is 3. The first-order valence-electron chi connectivity index (χ1n) is 10.2. The number of nitrogens with zero attached hydrogens (tertiary/aromatic N) is 3. The Morgan fingerprint density at radius 3 is 2.30 bits per heavy atom. The van der Waals surface area contributed by atoms with Gasteiger partial charge in [-0.15, -0.1) is 0 Å². The van der Waals surface area contributed by atoms with E-state index in [1.54, 1.807) is 66.9 Å². The quantitative estimate of drug-likeness (QED) is 0.383. The van der Waals surface area contributed by atoms with Crippen LogP contribution in [-0.2, 0) is 14.2 Å². The first kappa shape index (κ1) is 22.7. The number of aromatic nitrogens is 3. The smallest absolute Gasteiger partial charge is 0.353 e. The maximum absolute atomic E-state index is 12.6. The molecule has 2 aromatic carbocycles. The molecular weight excluding hydrogens is 446 g/mol. The molecule has 0 N–H and O–H groups in total. The summed E-state index contributed by atoms with van der Waals surface area (Å²) in [5.41, 5.74) is 0.238. The van der Waals surface area contributed by atoms with Crippen molar-refractivity contribution in [2.75, 3.05) is 12.9 Å². The van der Waals surface area contributed by atoms with Crippen molar-refractivity contribution in [2.24, 2.45) is 0 Å². The van der Waals surface area contributed by atoms with Crippen LogP contribution in [-0.4, -0.2) is 51.5 Å². The Morgan fingerprint density at radius 1 is 1.06 bits per heavy atom. The van der Waals surface area contributed by atoms with E-state index >= 15 is 0 Å². The Labute approximate surface area is 193 Å². The molecule has 9 nitrogen and oxygen atoms in total. The van der Waals surface area contributed by atoms with Crippen molar-refractivity contribution in [1.29, 1.82) is 0 Å². The van der Waals surface area contributed by atoms with Gasteiger partial charge in [0.25, 0.3) is 0 Å². The molecule has 1 aromatic heterocycles. The summed E-state index contributed by atoms with van der Waals surface area (Å²) in [6.45, 7) is -0.157. The van der Waals surface area contributed by atoms with Crippen LogP contribution in [0.3, 0.4) is 0 Å². The van der Waals surface area contributed by atoms with Crippen LogP contribution < -0.4 is 5.69 Å². The fourth-order valence-corrected chi connectivity index (χ4v) is 3.69. The van der Waals surface area contributed by atoms with Gasteiger partial charge in [-0.25, -0.2) is 19.4 Å². The molecule has 3 aromatic rings. The molecule has 0 bridgehead atoms. The highest BCUT2D eigenvalue weighted by Gasteiger charge is 2.40. The predicted octanol–water partition coefficient (Wildman–Crippen LogP) is 2.73. The second kappa shape index (κ2) is 10.4. The van der Waals surface area contributed by atoms with Gasteiger partial charge in [-0.3, -0.25) is 4.57 Å². The van der Waals surface area contributed by atoms with E-state index in [4.69, 9.17) is 14.2 Å². The number of carbonyl (C=O) groups excluding carboxylic acids is 2. The van der Waals surface area contributed by atoms with Gasteiger partial charge in [-0.1, -0.05) is 48.2 Å². The molecule has 3 atom stereocenters. The zero-order chi connectivity index (χ0) is 23.2. The third-order valence-corrected chi connectivity index (χ3v) is 5.60. The number of benzene rings is 2. The van der Waals surface area contributed by atoms with Crippen LogP contribution in [0.2, 0.25) is 0 Å². The Kier molecular flexibility index (Phi) is 7.16. The highest BCUT2D eigenvalue weighted by atomic mass is 32.2. The van der Waals surface area contributed by atoms with E-state index in [9.17, 15) is 14.4 Å². The SMILES string of the molecule is CSc1ncn(C2C[C@@H](OC(=O)c3ccccc3)[C@@H](COC(=O)c3ccccc3)O2)c(=O)n1. The Balaban J connectivity index is 1.51. The highest BCUT2D eigenvalue weighted by Crippen LogP contribution is 2.31. The zero-order valence-corrected chi connectivity index (χ0v) is 18.5. The molecule has 4 rings (SSSR count). The van der Waals surface area contributed by atoms with Gasteiger partial charge in [-0.2, -0.15) is 4.98 Å². The van der Waals surface area contributed by atoms with Crippen molar-refractivity contribution >= 4 is 23.7 Å². The Bertz CT molecular complexity index is 1170. The molecule has 170 valence electrons. The molecule has 0 spiro atoms. The summed E-state index contributed by atoms with van der Waals surface area (Å²) in [5.74, 6) is -1.06. The van der Waals surface area contributed by atoms with E-state index in [0.29, 0.717) is 16.3 Å². The fraction of sp³-hybridized carbons (Fsp3) is 0.261. The number of hydrogen-bond acceptors (Lipinski definition) is 9. The minimum atomic E-state index is -0.776. The average Bonchev–Trinajstić information content (AvgIpc) is 3.25. The summed E-state index contributed by atoms with van der Waals surface area (Å²) in [4.78, 5) is 45.4. The lowest BCUT2D eigenvalue weighted by Crippen LogP contribution is -2.32. The van der Waals surface area contributed by atoms with Crippen LogP contribution in [0.15, 0.2) is 76.9 Å². The lowest BCUT2D eigenvalue weighted by atomic mass is 10.1. The molecule has 10 heteroatoms. The third-order valence-electron chi connectivity index (χ3n) is 5.03. The van der Waals surface area contributed by atoms with E-state index in [1.807, 2.05) is 0 Å². The Hall–Kier alpha value is -3.50. The molecular formula is C23H21N3O6S. The molecule has 0 aliphatic carbocycles. The molecule has 2 heterocycles. The zero-order valence-electron chi connectivity index (χ0n) is 17.7. The summed E-state index contributed by atoms with van der Waals surface area (Å²) in [7, 11) is 0. The van der Waals surface area contributed by atoms with Crippen molar-refractivity contribution in [2.45, 2.75) is 30.0 Å². The van der Waals surface area contributed by atoms with Gasteiger partial charge in [0.15, 0.2) is 5.16 Å². The van der Waals surface area contributed by atoms with Crippen LogP contribution in [0.1, 0.15) is 33.4 Å². The van der Waals surface area contributed by atoms with Crippen molar-refractivity contribution in [1.82, 2.24) is 14.5 Å². The average molecular weight is 468 g/mol. The number of rotatable bonds is 7. The number of esters is 2. The van der Waals surface area contributed by atoms with E-state index in [0.717, 1.165) is 0 Å². The maximum atomic E-state index is 12.6. The molecule has 0 radical (unpaired) electrons. The molecule has 33 heavy (non-hydrogen) atoms. The van der Waals surface area contributed by atoms with Crippen LogP contribution in [0.25, 0.3) is 0 Å². The van der Waals surface area contributed by atoms with Crippen molar-refractivity contribution < 1.29 is 23.8 Å². The lowest BCUT2D eigenvalue weighted by molar-refractivity contribution is -0.0585. The fourth-order valence-electron chi connectivity index (χ4n) is 3.37. The summed E-state index contributed by atoms with van der Waals surface area (Å²) in [5, 5.41) is 0.342. The largest absolute Gasteiger partial charge is 0.459 e. The van der Waals surface area contributed by atoms with Crippen LogP contribution in [0.4, 0.5) is 0 Å². The molecule has 0 saturated carbocycles. The van der Waals surface area contributed by atoms with Crippen molar-refractivity contribution in [3.8, 4) is 0 Å². The molecule has 0 amide bonds. The molecule has 1 aliphatic rings. The lowest BCUT2D eigenvalue weighted by Gasteiger charge is -2.19. The van der Waals surface area contributed by atoms with Gasteiger partial charge in [0.05, 0.1) is 11.1 Å². The van der Waals surface area contributed by atoms with Crippen LogP contribution in [0.5, 0.6) is 0 Å². The van der Waals surface area contributed by atoms with Crippen molar-refractivity contribution in [3.63, 3.8) is 0 Å². The van der Waals surface area contributed by atoms with Gasteiger partial charge in [0.2, 0.25) is 0 Å². The summed E-state index contributed by atoms with van der Waals surface area (Å²) >= 11 is 1.25. The maximum Gasteiger partial charge on any atom is 0.353 e. The number of hydrogen-bond donors (Lipinski definition) is 0. The summed E-state index contributed by atoms with van der Waals surface area (Å²) in [6, 6.07) is 17.1.